The number of carbonyl (C=O) groups excluding carboxylic acids is 1. The minimum atomic E-state index is -0.241. The lowest BCUT2D eigenvalue weighted by atomic mass is 9.89. The molecule has 1 N–H and O–H groups in total. The maximum Gasteiger partial charge on any atom is 0.262 e. The number of anilines is 1. The van der Waals surface area contributed by atoms with Gasteiger partial charge in [0.15, 0.2) is 6.61 Å². The quantitative estimate of drug-likeness (QED) is 0.726. The monoisotopic (exact) mass is 432 g/mol. The number of nitrogens with zero attached hydrogens (tertiary/aromatic N) is 1. The first-order valence-corrected chi connectivity index (χ1v) is 10.2. The van der Waals surface area contributed by atoms with E-state index in [2.05, 4.69) is 34.2 Å². The molecular formula is C20H21BrN2O2S. The van der Waals surface area contributed by atoms with Crippen molar-refractivity contribution in [3.63, 3.8) is 0 Å². The van der Waals surface area contributed by atoms with Crippen molar-refractivity contribution in [2.45, 2.75) is 40.0 Å². The van der Waals surface area contributed by atoms with Gasteiger partial charge in [-0.05, 0) is 67.9 Å². The van der Waals surface area contributed by atoms with Crippen molar-refractivity contribution in [3.8, 4) is 11.8 Å². The van der Waals surface area contributed by atoms with E-state index in [0.717, 1.165) is 46.2 Å². The van der Waals surface area contributed by atoms with Gasteiger partial charge in [-0.3, -0.25) is 4.79 Å². The minimum absolute atomic E-state index is 0.0762. The first-order chi connectivity index (χ1) is 12.4. The second-order valence-corrected chi connectivity index (χ2v) is 8.89. The summed E-state index contributed by atoms with van der Waals surface area (Å²) in [5.74, 6) is 1.11. The van der Waals surface area contributed by atoms with Crippen LogP contribution in [0.4, 0.5) is 5.00 Å². The van der Waals surface area contributed by atoms with Crippen LogP contribution < -0.4 is 10.1 Å². The second-order valence-electron chi connectivity index (χ2n) is 6.87. The molecular weight excluding hydrogens is 412 g/mol. The van der Waals surface area contributed by atoms with Crippen molar-refractivity contribution in [1.29, 1.82) is 5.26 Å². The molecule has 136 valence electrons. The van der Waals surface area contributed by atoms with Gasteiger partial charge in [-0.2, -0.15) is 5.26 Å². The molecule has 1 unspecified atom stereocenters. The van der Waals surface area contributed by atoms with E-state index in [1.165, 1.54) is 16.2 Å². The highest BCUT2D eigenvalue weighted by Gasteiger charge is 2.24. The predicted octanol–water partition coefficient (Wildman–Crippen LogP) is 5.14. The van der Waals surface area contributed by atoms with Crippen LogP contribution in [0.3, 0.4) is 0 Å². The molecule has 4 nitrogen and oxygen atoms in total. The third kappa shape index (κ3) is 3.94. The van der Waals surface area contributed by atoms with Gasteiger partial charge >= 0.3 is 0 Å². The molecule has 0 spiro atoms. The molecule has 0 saturated heterocycles. The van der Waals surface area contributed by atoms with Crippen LogP contribution in [0.5, 0.6) is 5.75 Å². The standard InChI is InChI=1S/C20H21BrN2O2S/c1-11-4-5-15-16(9-22)20(26-17(15)6-11)23-18(24)10-25-19-12(2)7-14(21)8-13(19)3/h7-8,11H,4-6,10H2,1-3H3,(H,23,24). The molecule has 1 aliphatic rings. The van der Waals surface area contributed by atoms with Crippen molar-refractivity contribution >= 4 is 38.2 Å². The fourth-order valence-electron chi connectivity index (χ4n) is 3.38. The number of rotatable bonds is 4. The van der Waals surface area contributed by atoms with Gasteiger partial charge in [0.05, 0.1) is 5.56 Å². The average molecular weight is 433 g/mol. The van der Waals surface area contributed by atoms with Gasteiger partial charge < -0.3 is 10.1 Å². The van der Waals surface area contributed by atoms with Crippen LogP contribution in [0.25, 0.3) is 0 Å². The number of ether oxygens (including phenoxy) is 1. The molecule has 3 rings (SSSR count). The zero-order chi connectivity index (χ0) is 18.8. The van der Waals surface area contributed by atoms with Crippen LogP contribution in [-0.2, 0) is 17.6 Å². The van der Waals surface area contributed by atoms with Crippen LogP contribution in [0, 0.1) is 31.1 Å². The maximum absolute atomic E-state index is 12.4. The van der Waals surface area contributed by atoms with E-state index in [1.807, 2.05) is 26.0 Å². The summed E-state index contributed by atoms with van der Waals surface area (Å²) in [5, 5.41) is 13.1. The molecule has 0 fully saturated rings. The van der Waals surface area contributed by atoms with E-state index in [9.17, 15) is 10.1 Å². The largest absolute Gasteiger partial charge is 0.483 e. The van der Waals surface area contributed by atoms with E-state index in [4.69, 9.17) is 4.74 Å². The average Bonchev–Trinajstić information content (AvgIpc) is 2.89. The molecule has 0 saturated carbocycles. The Bertz CT molecular complexity index is 875. The smallest absolute Gasteiger partial charge is 0.262 e. The van der Waals surface area contributed by atoms with Crippen molar-refractivity contribution in [3.05, 3.63) is 43.7 Å². The van der Waals surface area contributed by atoms with Gasteiger partial charge in [0.25, 0.3) is 5.91 Å². The number of aryl methyl sites for hydroxylation is 2. The lowest BCUT2D eigenvalue weighted by Crippen LogP contribution is -2.20. The van der Waals surface area contributed by atoms with Crippen molar-refractivity contribution in [2.24, 2.45) is 5.92 Å². The molecule has 1 aromatic heterocycles. The molecule has 6 heteroatoms. The summed E-state index contributed by atoms with van der Waals surface area (Å²) in [6.45, 7) is 6.05. The number of carbonyl (C=O) groups is 1. The normalized spacial score (nSPS) is 15.9. The SMILES string of the molecule is Cc1cc(Br)cc(C)c1OCC(=O)Nc1sc2c(c1C#N)CCC(C)C2. The number of hydrogen-bond donors (Lipinski definition) is 1. The Labute approximate surface area is 166 Å². The maximum atomic E-state index is 12.4. The molecule has 0 aliphatic heterocycles. The zero-order valence-corrected chi connectivity index (χ0v) is 17.5. The molecule has 0 radical (unpaired) electrons. The van der Waals surface area contributed by atoms with Gasteiger partial charge in [-0.15, -0.1) is 11.3 Å². The summed E-state index contributed by atoms with van der Waals surface area (Å²) >= 11 is 4.99. The number of benzene rings is 1. The van der Waals surface area contributed by atoms with E-state index in [-0.39, 0.29) is 12.5 Å². The number of nitriles is 1. The highest BCUT2D eigenvalue weighted by Crippen LogP contribution is 2.39. The molecule has 1 atom stereocenters. The highest BCUT2D eigenvalue weighted by molar-refractivity contribution is 9.10. The van der Waals surface area contributed by atoms with Crippen LogP contribution in [0.2, 0.25) is 0 Å². The lowest BCUT2D eigenvalue weighted by Gasteiger charge is -2.17. The number of nitrogens with one attached hydrogen (secondary N) is 1. The third-order valence-electron chi connectivity index (χ3n) is 4.65. The fourth-order valence-corrected chi connectivity index (χ4v) is 5.45. The molecule has 2 aromatic rings. The van der Waals surface area contributed by atoms with Gasteiger partial charge in [-0.1, -0.05) is 22.9 Å². The minimum Gasteiger partial charge on any atom is -0.483 e. The molecule has 1 aromatic carbocycles. The summed E-state index contributed by atoms with van der Waals surface area (Å²) < 4.78 is 6.73. The molecule has 1 amide bonds. The molecule has 0 bridgehead atoms. The van der Waals surface area contributed by atoms with Crippen LogP contribution in [-0.4, -0.2) is 12.5 Å². The Morgan fingerprint density at radius 2 is 2.12 bits per heavy atom. The number of thiophene rings is 1. The number of halogens is 1. The number of amides is 1. The Morgan fingerprint density at radius 3 is 2.77 bits per heavy atom. The van der Waals surface area contributed by atoms with Crippen molar-refractivity contribution < 1.29 is 9.53 Å². The van der Waals surface area contributed by atoms with Gasteiger partial charge in [0.1, 0.15) is 16.8 Å². The third-order valence-corrected chi connectivity index (χ3v) is 6.28. The summed E-state index contributed by atoms with van der Waals surface area (Å²) in [6.07, 6.45) is 2.99. The number of fused-ring (bicyclic) bond motifs is 1. The first kappa shape index (κ1) is 18.9. The van der Waals surface area contributed by atoms with E-state index in [0.29, 0.717) is 16.5 Å². The molecule has 1 aliphatic carbocycles. The van der Waals surface area contributed by atoms with Crippen molar-refractivity contribution in [2.75, 3.05) is 11.9 Å². The van der Waals surface area contributed by atoms with Crippen molar-refractivity contribution in [1.82, 2.24) is 0 Å². The Kier molecular flexibility index (Phi) is 5.69. The van der Waals surface area contributed by atoms with Crippen LogP contribution >= 0.6 is 27.3 Å². The van der Waals surface area contributed by atoms with Gasteiger partial charge in [-0.25, -0.2) is 0 Å². The first-order valence-electron chi connectivity index (χ1n) is 8.63. The van der Waals surface area contributed by atoms with Gasteiger partial charge in [0.2, 0.25) is 0 Å². The zero-order valence-electron chi connectivity index (χ0n) is 15.1. The van der Waals surface area contributed by atoms with E-state index >= 15 is 0 Å². The predicted molar refractivity (Wildman–Crippen MR) is 108 cm³/mol. The van der Waals surface area contributed by atoms with E-state index in [1.54, 1.807) is 0 Å². The number of hydrogen-bond acceptors (Lipinski definition) is 4. The second kappa shape index (κ2) is 7.81. The Hall–Kier alpha value is -1.84. The van der Waals surface area contributed by atoms with Crippen LogP contribution in [0.15, 0.2) is 16.6 Å². The summed E-state index contributed by atoms with van der Waals surface area (Å²) in [6, 6.07) is 6.19. The fraction of sp³-hybridized carbons (Fsp3) is 0.400. The van der Waals surface area contributed by atoms with E-state index < -0.39 is 0 Å². The highest BCUT2D eigenvalue weighted by atomic mass is 79.9. The topological polar surface area (TPSA) is 62.1 Å². The Balaban J connectivity index is 1.71. The lowest BCUT2D eigenvalue weighted by molar-refractivity contribution is -0.118. The summed E-state index contributed by atoms with van der Waals surface area (Å²) in [7, 11) is 0. The van der Waals surface area contributed by atoms with Gasteiger partial charge in [0, 0.05) is 9.35 Å². The summed E-state index contributed by atoms with van der Waals surface area (Å²) in [4.78, 5) is 13.6. The molecule has 1 heterocycles. The summed E-state index contributed by atoms with van der Waals surface area (Å²) in [5.41, 5.74) is 3.69. The molecule has 26 heavy (non-hydrogen) atoms. The Morgan fingerprint density at radius 1 is 1.42 bits per heavy atom. The van der Waals surface area contributed by atoms with Crippen LogP contribution in [0.1, 0.15) is 40.5 Å².